The van der Waals surface area contributed by atoms with Gasteiger partial charge in [0.15, 0.2) is 9.84 Å². The van der Waals surface area contributed by atoms with Gasteiger partial charge >= 0.3 is 0 Å². The van der Waals surface area contributed by atoms with Gasteiger partial charge < -0.3 is 5.32 Å². The van der Waals surface area contributed by atoms with Crippen LogP contribution < -0.4 is 5.32 Å². The quantitative estimate of drug-likeness (QED) is 0.385. The van der Waals surface area contributed by atoms with Gasteiger partial charge in [0, 0.05) is 12.0 Å². The molecule has 0 radical (unpaired) electrons. The molecule has 1 aromatic heterocycles. The van der Waals surface area contributed by atoms with E-state index in [0.717, 1.165) is 32.9 Å². The zero-order valence-corrected chi connectivity index (χ0v) is 18.0. The maximum Gasteiger partial charge on any atom is 0.224 e. The van der Waals surface area contributed by atoms with Gasteiger partial charge in [0.2, 0.25) is 5.91 Å². The van der Waals surface area contributed by atoms with Crippen LogP contribution in [0.15, 0.2) is 77.7 Å². The van der Waals surface area contributed by atoms with Gasteiger partial charge in [0.1, 0.15) is 10.8 Å². The van der Waals surface area contributed by atoms with Crippen molar-refractivity contribution >= 4 is 43.0 Å². The first kappa shape index (κ1) is 21.1. The molecular weight excluding hydrogens is 435 g/mol. The van der Waals surface area contributed by atoms with Gasteiger partial charge in [0.05, 0.1) is 26.6 Å². The highest BCUT2D eigenvalue weighted by Gasteiger charge is 2.16. The molecule has 5 nitrogen and oxygen atoms in total. The average molecular weight is 455 g/mol. The number of amides is 1. The molecule has 0 atom stereocenters. The Bertz CT molecular complexity index is 1300. The molecule has 0 bridgehead atoms. The summed E-state index contributed by atoms with van der Waals surface area (Å²) in [5.74, 6) is -0.959. The molecule has 4 rings (SSSR count). The van der Waals surface area contributed by atoms with Gasteiger partial charge in [-0.25, -0.2) is 17.8 Å². The van der Waals surface area contributed by atoms with Crippen molar-refractivity contribution < 1.29 is 17.6 Å². The van der Waals surface area contributed by atoms with E-state index in [0.29, 0.717) is 5.69 Å². The predicted octanol–water partition coefficient (Wildman–Crippen LogP) is 5.30. The Morgan fingerprint density at radius 1 is 0.968 bits per heavy atom. The number of nitrogens with zero attached hydrogens (tertiary/aromatic N) is 1. The number of para-hydroxylation sites is 2. The molecule has 0 saturated carbocycles. The summed E-state index contributed by atoms with van der Waals surface area (Å²) in [6, 6.07) is 19.9. The van der Waals surface area contributed by atoms with Gasteiger partial charge in [0.25, 0.3) is 0 Å². The van der Waals surface area contributed by atoms with Crippen LogP contribution in [0.2, 0.25) is 0 Å². The van der Waals surface area contributed by atoms with Gasteiger partial charge in [-0.3, -0.25) is 4.79 Å². The maximum atomic E-state index is 13.0. The molecular formula is C23H19FN2O3S2. The monoisotopic (exact) mass is 454 g/mol. The standard InChI is InChI=1S/C23H19FN2O3S2/c24-16-11-13-17(14-12-16)31(28,29)15-5-10-22(27)25-19-7-2-1-6-18(19)23-26-20-8-3-4-9-21(20)30-23/h1-4,6-9,11-14H,5,10,15H2,(H,25,27). The number of nitrogens with one attached hydrogen (secondary N) is 1. The number of carbonyl (C=O) groups is 1. The second-order valence-corrected chi connectivity index (χ2v) is 10.1. The molecule has 1 heterocycles. The fourth-order valence-corrected chi connectivity index (χ4v) is 5.48. The molecule has 8 heteroatoms. The first-order valence-electron chi connectivity index (χ1n) is 9.65. The number of hydrogen-bond donors (Lipinski definition) is 1. The fourth-order valence-electron chi connectivity index (χ4n) is 3.16. The molecule has 1 amide bonds. The number of fused-ring (bicyclic) bond motifs is 1. The van der Waals surface area contributed by atoms with Crippen molar-refractivity contribution in [3.8, 4) is 10.6 Å². The maximum absolute atomic E-state index is 13.0. The summed E-state index contributed by atoms with van der Waals surface area (Å²) in [6.45, 7) is 0. The lowest BCUT2D eigenvalue weighted by molar-refractivity contribution is -0.116. The number of aromatic nitrogens is 1. The Kier molecular flexibility index (Phi) is 6.11. The smallest absolute Gasteiger partial charge is 0.224 e. The van der Waals surface area contributed by atoms with Crippen molar-refractivity contribution in [1.82, 2.24) is 4.98 Å². The highest BCUT2D eigenvalue weighted by molar-refractivity contribution is 7.91. The van der Waals surface area contributed by atoms with E-state index in [-0.39, 0.29) is 29.4 Å². The van der Waals surface area contributed by atoms with Gasteiger partial charge in [-0.05, 0) is 55.0 Å². The summed E-state index contributed by atoms with van der Waals surface area (Å²) in [7, 11) is -3.57. The van der Waals surface area contributed by atoms with E-state index in [1.54, 1.807) is 17.4 Å². The van der Waals surface area contributed by atoms with Crippen LogP contribution in [0.25, 0.3) is 20.8 Å². The SMILES string of the molecule is O=C(CCCS(=O)(=O)c1ccc(F)cc1)Nc1ccccc1-c1nc2ccccc2s1. The summed E-state index contributed by atoms with van der Waals surface area (Å²) in [5.41, 5.74) is 2.35. The molecule has 0 unspecified atom stereocenters. The Morgan fingerprint density at radius 2 is 1.68 bits per heavy atom. The average Bonchev–Trinajstić information content (AvgIpc) is 3.18. The summed E-state index contributed by atoms with van der Waals surface area (Å²) in [5, 5.41) is 3.67. The topological polar surface area (TPSA) is 76.1 Å². The predicted molar refractivity (Wildman–Crippen MR) is 121 cm³/mol. The fraction of sp³-hybridized carbons (Fsp3) is 0.130. The second-order valence-electron chi connectivity index (χ2n) is 6.96. The van der Waals surface area contributed by atoms with Crippen LogP contribution in [0, 0.1) is 5.82 Å². The number of anilines is 1. The summed E-state index contributed by atoms with van der Waals surface area (Å²) < 4.78 is 38.8. The van der Waals surface area contributed by atoms with Crippen LogP contribution in [0.3, 0.4) is 0 Å². The lowest BCUT2D eigenvalue weighted by Crippen LogP contribution is -2.15. The third kappa shape index (κ3) is 4.98. The van der Waals surface area contributed by atoms with Gasteiger partial charge in [-0.15, -0.1) is 11.3 Å². The number of hydrogen-bond acceptors (Lipinski definition) is 5. The lowest BCUT2D eigenvalue weighted by atomic mass is 10.1. The largest absolute Gasteiger partial charge is 0.325 e. The van der Waals surface area contributed by atoms with E-state index in [2.05, 4.69) is 10.3 Å². The van der Waals surface area contributed by atoms with Crippen molar-refractivity contribution in [3.63, 3.8) is 0 Å². The van der Waals surface area contributed by atoms with Gasteiger partial charge in [-0.1, -0.05) is 24.3 Å². The molecule has 4 aromatic rings. The van der Waals surface area contributed by atoms with Crippen molar-refractivity contribution in [3.05, 3.63) is 78.6 Å². The van der Waals surface area contributed by atoms with Crippen LogP contribution in [-0.2, 0) is 14.6 Å². The van der Waals surface area contributed by atoms with Gasteiger partial charge in [-0.2, -0.15) is 0 Å². The minimum atomic E-state index is -3.57. The summed E-state index contributed by atoms with van der Waals surface area (Å²) in [4.78, 5) is 17.2. The normalized spacial score (nSPS) is 11.5. The summed E-state index contributed by atoms with van der Waals surface area (Å²) >= 11 is 1.54. The molecule has 1 N–H and O–H groups in total. The molecule has 31 heavy (non-hydrogen) atoms. The highest BCUT2D eigenvalue weighted by Crippen LogP contribution is 2.34. The van der Waals surface area contributed by atoms with Crippen LogP contribution in [0.5, 0.6) is 0 Å². The number of benzene rings is 3. The van der Waals surface area contributed by atoms with E-state index >= 15 is 0 Å². The Hall–Kier alpha value is -3.10. The van der Waals surface area contributed by atoms with Crippen molar-refractivity contribution in [2.75, 3.05) is 11.1 Å². The van der Waals surface area contributed by atoms with E-state index in [1.165, 1.54) is 12.1 Å². The number of thiazole rings is 1. The number of carbonyl (C=O) groups excluding carboxylic acids is 1. The molecule has 0 saturated heterocycles. The molecule has 3 aromatic carbocycles. The van der Waals surface area contributed by atoms with Crippen molar-refractivity contribution in [2.24, 2.45) is 0 Å². The number of rotatable bonds is 7. The van der Waals surface area contributed by atoms with Crippen LogP contribution in [0.1, 0.15) is 12.8 Å². The highest BCUT2D eigenvalue weighted by atomic mass is 32.2. The second kappa shape index (κ2) is 8.95. The molecule has 0 aliphatic heterocycles. The van der Waals surface area contributed by atoms with E-state index < -0.39 is 15.7 Å². The number of halogens is 1. The third-order valence-corrected chi connectivity index (χ3v) is 7.60. The molecule has 158 valence electrons. The van der Waals surface area contributed by atoms with Crippen LogP contribution in [0.4, 0.5) is 10.1 Å². The third-order valence-electron chi connectivity index (χ3n) is 4.72. The Balaban J connectivity index is 1.42. The Labute approximate surface area is 183 Å². The van der Waals surface area contributed by atoms with Crippen molar-refractivity contribution in [2.45, 2.75) is 17.7 Å². The minimum absolute atomic E-state index is 0.0502. The minimum Gasteiger partial charge on any atom is -0.325 e. The zero-order chi connectivity index (χ0) is 21.8. The van der Waals surface area contributed by atoms with E-state index in [1.807, 2.05) is 42.5 Å². The molecule has 0 spiro atoms. The summed E-state index contributed by atoms with van der Waals surface area (Å²) in [6.07, 6.45) is 0.212. The number of sulfone groups is 1. The first-order chi connectivity index (χ1) is 14.9. The molecule has 0 aliphatic carbocycles. The van der Waals surface area contributed by atoms with Crippen LogP contribution >= 0.6 is 11.3 Å². The van der Waals surface area contributed by atoms with E-state index in [4.69, 9.17) is 0 Å². The van der Waals surface area contributed by atoms with Crippen molar-refractivity contribution in [1.29, 1.82) is 0 Å². The molecule has 0 fully saturated rings. The Morgan fingerprint density at radius 3 is 2.45 bits per heavy atom. The first-order valence-corrected chi connectivity index (χ1v) is 12.1. The molecule has 0 aliphatic rings. The van der Waals surface area contributed by atoms with Crippen LogP contribution in [-0.4, -0.2) is 25.1 Å². The lowest BCUT2D eigenvalue weighted by Gasteiger charge is -2.09. The zero-order valence-electron chi connectivity index (χ0n) is 16.4. The van der Waals surface area contributed by atoms with E-state index in [9.17, 15) is 17.6 Å².